The van der Waals surface area contributed by atoms with Gasteiger partial charge in [-0.15, -0.1) is 0 Å². The number of nitrogens with one attached hydrogen (secondary N) is 1. The lowest BCUT2D eigenvalue weighted by molar-refractivity contribution is 0.102. The monoisotopic (exact) mass is 237 g/mol. The van der Waals surface area contributed by atoms with Crippen molar-refractivity contribution in [1.82, 2.24) is 0 Å². The maximum atomic E-state index is 11.7. The normalized spacial score (nSPS) is 18.8. The summed E-state index contributed by atoms with van der Waals surface area (Å²) >= 11 is 1.54. The van der Waals surface area contributed by atoms with E-state index in [2.05, 4.69) is 5.32 Å². The molecule has 0 aromatic heterocycles. The maximum absolute atomic E-state index is 11.7. The molecule has 0 spiro atoms. The Morgan fingerprint density at radius 3 is 3.19 bits per heavy atom. The molecule has 3 nitrogen and oxygen atoms in total. The van der Waals surface area contributed by atoms with Crippen molar-refractivity contribution in [2.75, 3.05) is 17.3 Å². The zero-order valence-corrected chi connectivity index (χ0v) is 10.0. The lowest BCUT2D eigenvalue weighted by Gasteiger charge is -2.23. The highest BCUT2D eigenvalue weighted by atomic mass is 32.2. The van der Waals surface area contributed by atoms with Gasteiger partial charge in [0.05, 0.1) is 5.75 Å². The van der Waals surface area contributed by atoms with Crippen molar-refractivity contribution >= 4 is 23.2 Å². The van der Waals surface area contributed by atoms with Crippen LogP contribution in [0.5, 0.6) is 0 Å². The van der Waals surface area contributed by atoms with Gasteiger partial charge >= 0.3 is 0 Å². The second-order valence-corrected chi connectivity index (χ2v) is 4.79. The van der Waals surface area contributed by atoms with Gasteiger partial charge in [0.2, 0.25) is 0 Å². The number of aryl methyl sites for hydroxylation is 1. The summed E-state index contributed by atoms with van der Waals surface area (Å²) in [5, 5.41) is 12.4. The van der Waals surface area contributed by atoms with E-state index in [1.165, 1.54) is 11.8 Å². The summed E-state index contributed by atoms with van der Waals surface area (Å²) in [7, 11) is 0. The first-order valence-corrected chi connectivity index (χ1v) is 6.70. The topological polar surface area (TPSA) is 49.3 Å². The van der Waals surface area contributed by atoms with Crippen molar-refractivity contribution in [3.63, 3.8) is 0 Å². The Hall–Kier alpha value is -1.00. The Bertz CT molecular complexity index is 406. The fourth-order valence-electron chi connectivity index (χ4n) is 1.87. The summed E-state index contributed by atoms with van der Waals surface area (Å²) in [5.41, 5.74) is 2.84. The molecular formula is C12H15NO2S. The average molecular weight is 237 g/mol. The van der Waals surface area contributed by atoms with Crippen LogP contribution in [0.25, 0.3) is 0 Å². The molecule has 1 aliphatic rings. The van der Waals surface area contributed by atoms with E-state index >= 15 is 0 Å². The Balaban J connectivity index is 2.22. The number of Topliss-reactive ketones (excluding diaryl/α,β-unsaturated/α-hetero) is 1. The van der Waals surface area contributed by atoms with Crippen LogP contribution in [0, 0.1) is 0 Å². The Morgan fingerprint density at radius 2 is 2.44 bits per heavy atom. The molecule has 1 aliphatic heterocycles. The van der Waals surface area contributed by atoms with Gasteiger partial charge in [-0.2, -0.15) is 11.8 Å². The number of anilines is 1. The fraction of sp³-hybridized carbons (Fsp3) is 0.417. The number of hydrogen-bond donors (Lipinski definition) is 2. The quantitative estimate of drug-likeness (QED) is 0.788. The van der Waals surface area contributed by atoms with Crippen LogP contribution in [0.4, 0.5) is 5.69 Å². The number of carbonyl (C=O) groups is 1. The van der Waals surface area contributed by atoms with E-state index in [9.17, 15) is 9.90 Å². The number of rotatable bonds is 3. The van der Waals surface area contributed by atoms with Crippen LogP contribution in [0.2, 0.25) is 0 Å². The molecular weight excluding hydrogens is 222 g/mol. The van der Waals surface area contributed by atoms with Crippen molar-refractivity contribution < 1.29 is 9.90 Å². The Kier molecular flexibility index (Phi) is 3.51. The molecule has 1 aromatic rings. The van der Waals surface area contributed by atoms with Gasteiger partial charge in [0.15, 0.2) is 5.78 Å². The first-order chi connectivity index (χ1) is 7.70. The Morgan fingerprint density at radius 1 is 1.62 bits per heavy atom. The molecule has 1 atom stereocenters. The molecule has 0 bridgehead atoms. The molecule has 86 valence electrons. The van der Waals surface area contributed by atoms with Crippen molar-refractivity contribution in [3.8, 4) is 0 Å². The van der Waals surface area contributed by atoms with Crippen molar-refractivity contribution in [3.05, 3.63) is 29.3 Å². The zero-order valence-electron chi connectivity index (χ0n) is 9.19. The number of aliphatic hydroxyl groups is 1. The number of ketones is 1. The largest absolute Gasteiger partial charge is 0.374 e. The molecule has 0 amide bonds. The van der Waals surface area contributed by atoms with Gasteiger partial charge in [-0.25, -0.2) is 0 Å². The van der Waals surface area contributed by atoms with Crippen molar-refractivity contribution in [2.24, 2.45) is 0 Å². The molecule has 4 heteroatoms. The van der Waals surface area contributed by atoms with Crippen LogP contribution in [0.3, 0.4) is 0 Å². The fourth-order valence-corrected chi connectivity index (χ4v) is 2.30. The SMILES string of the molecule is CSCC(=O)c1ccc2c(c1)CCC(O)N2. The van der Waals surface area contributed by atoms with Gasteiger partial charge in [-0.3, -0.25) is 4.79 Å². The predicted molar refractivity (Wildman–Crippen MR) is 67.1 cm³/mol. The summed E-state index contributed by atoms with van der Waals surface area (Å²) in [5.74, 6) is 0.691. The van der Waals surface area contributed by atoms with Gasteiger partial charge in [0.25, 0.3) is 0 Å². The van der Waals surface area contributed by atoms with Gasteiger partial charge < -0.3 is 10.4 Å². The lowest BCUT2D eigenvalue weighted by atomic mass is 9.99. The number of carbonyl (C=O) groups excluding carboxylic acids is 1. The minimum Gasteiger partial charge on any atom is -0.374 e. The van der Waals surface area contributed by atoms with Crippen LogP contribution in [-0.4, -0.2) is 29.1 Å². The van der Waals surface area contributed by atoms with Crippen LogP contribution in [-0.2, 0) is 6.42 Å². The van der Waals surface area contributed by atoms with Crippen LogP contribution in [0.15, 0.2) is 18.2 Å². The molecule has 1 unspecified atom stereocenters. The second-order valence-electron chi connectivity index (χ2n) is 3.93. The molecule has 1 heterocycles. The molecule has 0 aliphatic carbocycles. The Labute approximate surface area is 99.2 Å². The summed E-state index contributed by atoms with van der Waals surface area (Å²) in [4.78, 5) is 11.7. The van der Waals surface area contributed by atoms with E-state index in [1.54, 1.807) is 0 Å². The number of hydrogen-bond acceptors (Lipinski definition) is 4. The van der Waals surface area contributed by atoms with E-state index in [-0.39, 0.29) is 5.78 Å². The van der Waals surface area contributed by atoms with Crippen LogP contribution in [0.1, 0.15) is 22.3 Å². The van der Waals surface area contributed by atoms with Gasteiger partial charge in [0.1, 0.15) is 6.23 Å². The van der Waals surface area contributed by atoms with Crippen molar-refractivity contribution in [2.45, 2.75) is 19.1 Å². The number of thioether (sulfide) groups is 1. The van der Waals surface area contributed by atoms with Gasteiger partial charge in [-0.1, -0.05) is 0 Å². The molecule has 16 heavy (non-hydrogen) atoms. The lowest BCUT2D eigenvalue weighted by Crippen LogP contribution is -2.24. The highest BCUT2D eigenvalue weighted by Gasteiger charge is 2.16. The maximum Gasteiger partial charge on any atom is 0.172 e. The van der Waals surface area contributed by atoms with Gasteiger partial charge in [0, 0.05) is 11.3 Å². The predicted octanol–water partition coefficient (Wildman–Crippen LogP) is 1.91. The first-order valence-electron chi connectivity index (χ1n) is 5.30. The van der Waals surface area contributed by atoms with Crippen LogP contribution >= 0.6 is 11.8 Å². The van der Waals surface area contributed by atoms with E-state index in [1.807, 2.05) is 24.5 Å². The number of fused-ring (bicyclic) bond motifs is 1. The van der Waals surface area contributed by atoms with E-state index in [0.29, 0.717) is 12.2 Å². The molecule has 0 fully saturated rings. The third-order valence-corrected chi connectivity index (χ3v) is 3.26. The number of benzene rings is 1. The summed E-state index contributed by atoms with van der Waals surface area (Å²) in [6.07, 6.45) is 2.99. The first kappa shape index (κ1) is 11.5. The highest BCUT2D eigenvalue weighted by molar-refractivity contribution is 7.99. The molecule has 0 saturated carbocycles. The van der Waals surface area contributed by atoms with E-state index in [4.69, 9.17) is 0 Å². The average Bonchev–Trinajstić information content (AvgIpc) is 2.28. The van der Waals surface area contributed by atoms with Gasteiger partial charge in [-0.05, 0) is 42.9 Å². The minimum atomic E-state index is -0.458. The molecule has 0 radical (unpaired) electrons. The molecule has 2 rings (SSSR count). The molecule has 0 saturated heterocycles. The highest BCUT2D eigenvalue weighted by Crippen LogP contribution is 2.25. The third-order valence-electron chi connectivity index (χ3n) is 2.71. The molecule has 2 N–H and O–H groups in total. The van der Waals surface area contributed by atoms with E-state index < -0.39 is 6.23 Å². The van der Waals surface area contributed by atoms with Crippen molar-refractivity contribution in [1.29, 1.82) is 0 Å². The summed E-state index contributed by atoms with van der Waals surface area (Å²) < 4.78 is 0. The zero-order chi connectivity index (χ0) is 11.5. The summed E-state index contributed by atoms with van der Waals surface area (Å²) in [6, 6.07) is 5.64. The van der Waals surface area contributed by atoms with Crippen LogP contribution < -0.4 is 5.32 Å². The number of aliphatic hydroxyl groups excluding tert-OH is 1. The van der Waals surface area contributed by atoms with E-state index in [0.717, 1.165) is 23.2 Å². The minimum absolute atomic E-state index is 0.168. The standard InChI is InChI=1S/C12H15NO2S/c1-16-7-11(14)9-2-4-10-8(6-9)3-5-12(15)13-10/h2,4,6,12-13,15H,3,5,7H2,1H3. The molecule has 1 aromatic carbocycles. The second kappa shape index (κ2) is 4.89. The third kappa shape index (κ3) is 2.39. The summed E-state index contributed by atoms with van der Waals surface area (Å²) in [6.45, 7) is 0. The smallest absolute Gasteiger partial charge is 0.172 e.